The summed E-state index contributed by atoms with van der Waals surface area (Å²) in [6.07, 6.45) is 5.67. The SMILES string of the molecule is O=C(O)/C=C\C(=O)O.[CH2-]CCC.[CH2-]CCC.[Zn+2]. The van der Waals surface area contributed by atoms with Gasteiger partial charge in [0.25, 0.3) is 0 Å². The topological polar surface area (TPSA) is 74.6 Å². The van der Waals surface area contributed by atoms with Crippen LogP contribution in [0.15, 0.2) is 12.2 Å². The van der Waals surface area contributed by atoms with Crippen LogP contribution in [0.2, 0.25) is 0 Å². The Hall–Kier alpha value is -0.697. The number of carbonyl (C=O) groups is 2. The summed E-state index contributed by atoms with van der Waals surface area (Å²) in [5.74, 6) is -2.51. The summed E-state index contributed by atoms with van der Waals surface area (Å²) >= 11 is 0. The molecule has 96 valence electrons. The Balaban J connectivity index is -0.0000000806. The van der Waals surface area contributed by atoms with Gasteiger partial charge in [0, 0.05) is 12.2 Å². The van der Waals surface area contributed by atoms with Gasteiger partial charge in [-0.05, 0) is 0 Å². The summed E-state index contributed by atoms with van der Waals surface area (Å²) < 4.78 is 0. The van der Waals surface area contributed by atoms with Crippen molar-refractivity contribution in [3.63, 3.8) is 0 Å². The van der Waals surface area contributed by atoms with Gasteiger partial charge in [-0.15, -0.1) is 0 Å². The van der Waals surface area contributed by atoms with Crippen LogP contribution < -0.4 is 0 Å². The molecule has 0 rings (SSSR count). The molecule has 0 aromatic rings. The zero-order valence-corrected chi connectivity index (χ0v) is 13.8. The van der Waals surface area contributed by atoms with E-state index in [1.165, 1.54) is 12.8 Å². The van der Waals surface area contributed by atoms with Crippen molar-refractivity contribution in [2.24, 2.45) is 0 Å². The van der Waals surface area contributed by atoms with Crippen LogP contribution in [0.5, 0.6) is 0 Å². The van der Waals surface area contributed by atoms with E-state index in [9.17, 15) is 9.59 Å². The van der Waals surface area contributed by atoms with Crippen LogP contribution in [0.1, 0.15) is 39.5 Å². The molecule has 0 atom stereocenters. The molecule has 0 heterocycles. The Labute approximate surface area is 117 Å². The Bertz CT molecular complexity index is 167. The van der Waals surface area contributed by atoms with Gasteiger partial charge in [0.15, 0.2) is 0 Å². The number of aliphatic carboxylic acids is 2. The molecule has 4 nitrogen and oxygen atoms in total. The van der Waals surface area contributed by atoms with E-state index < -0.39 is 11.9 Å². The summed E-state index contributed by atoms with van der Waals surface area (Å²) in [5.41, 5.74) is 0. The third kappa shape index (κ3) is 68.2. The van der Waals surface area contributed by atoms with Crippen LogP contribution in [-0.2, 0) is 29.1 Å². The van der Waals surface area contributed by atoms with Crippen molar-refractivity contribution in [1.29, 1.82) is 0 Å². The second-order valence-electron chi connectivity index (χ2n) is 2.72. The fraction of sp³-hybridized carbons (Fsp3) is 0.500. The van der Waals surface area contributed by atoms with E-state index in [-0.39, 0.29) is 19.5 Å². The van der Waals surface area contributed by atoms with Gasteiger partial charge in [-0.2, -0.15) is 12.8 Å². The summed E-state index contributed by atoms with van der Waals surface area (Å²) in [7, 11) is 0. The van der Waals surface area contributed by atoms with Crippen LogP contribution in [0.25, 0.3) is 0 Å². The zero-order chi connectivity index (χ0) is 13.4. The predicted molar refractivity (Wildman–Crippen MR) is 64.9 cm³/mol. The Morgan fingerprint density at radius 2 is 1.12 bits per heavy atom. The molecule has 2 N–H and O–H groups in total. The van der Waals surface area contributed by atoms with Gasteiger partial charge in [0.05, 0.1) is 0 Å². The molecule has 0 bridgehead atoms. The van der Waals surface area contributed by atoms with E-state index in [1.54, 1.807) is 0 Å². The quantitative estimate of drug-likeness (QED) is 0.475. The number of carboxylic acids is 2. The maximum Gasteiger partial charge on any atom is 2.00 e. The minimum Gasteiger partial charge on any atom is -0.478 e. The molecular weight excluding hydrogens is 274 g/mol. The third-order valence-corrected chi connectivity index (χ3v) is 1.08. The van der Waals surface area contributed by atoms with Gasteiger partial charge in [-0.1, -0.05) is 26.7 Å². The fourth-order valence-electron chi connectivity index (χ4n) is 0.143. The van der Waals surface area contributed by atoms with Crippen molar-refractivity contribution < 1.29 is 39.3 Å². The predicted octanol–water partition coefficient (Wildman–Crippen LogP) is 2.95. The van der Waals surface area contributed by atoms with Crippen molar-refractivity contribution in [1.82, 2.24) is 0 Å². The van der Waals surface area contributed by atoms with Crippen molar-refractivity contribution in [3.8, 4) is 0 Å². The maximum absolute atomic E-state index is 9.55. The first-order chi connectivity index (χ1) is 7.45. The normalized spacial score (nSPS) is 8.00. The number of carboxylic acid groups (broad SMARTS) is 2. The summed E-state index contributed by atoms with van der Waals surface area (Å²) in [5, 5.41) is 15.6. The summed E-state index contributed by atoms with van der Waals surface area (Å²) in [6.45, 7) is 11.4. The van der Waals surface area contributed by atoms with Gasteiger partial charge in [-0.3, -0.25) is 0 Å². The average molecular weight is 296 g/mol. The molecule has 0 spiro atoms. The second kappa shape index (κ2) is 24.5. The first-order valence-corrected chi connectivity index (χ1v) is 5.18. The minimum absolute atomic E-state index is 0. The monoisotopic (exact) mass is 294 g/mol. The maximum atomic E-state index is 9.55. The van der Waals surface area contributed by atoms with Crippen molar-refractivity contribution >= 4 is 11.9 Å². The van der Waals surface area contributed by atoms with Gasteiger partial charge < -0.3 is 24.1 Å². The van der Waals surface area contributed by atoms with Gasteiger partial charge in [0.2, 0.25) is 0 Å². The summed E-state index contributed by atoms with van der Waals surface area (Å²) in [4.78, 5) is 19.1. The third-order valence-electron chi connectivity index (χ3n) is 1.08. The van der Waals surface area contributed by atoms with E-state index in [0.29, 0.717) is 12.2 Å². The number of unbranched alkanes of at least 4 members (excludes halogenated alkanes) is 2. The molecule has 0 unspecified atom stereocenters. The van der Waals surface area contributed by atoms with E-state index in [1.807, 2.05) is 0 Å². The standard InChI is InChI=1S/C4H4O4.2C4H9.Zn/c5-3(6)1-2-4(7)8;2*1-3-4-2;/h1-2H,(H,5,6)(H,7,8);2*1,3-4H2,2H3;/q;2*-1;+2/b2-1-;;;. The molecule has 0 saturated carbocycles. The van der Waals surface area contributed by atoms with Crippen molar-refractivity contribution in [2.75, 3.05) is 0 Å². The van der Waals surface area contributed by atoms with Crippen molar-refractivity contribution in [3.05, 3.63) is 26.0 Å². The first kappa shape index (κ1) is 25.2. The molecule has 0 radical (unpaired) electrons. The molecular formula is C12H22O4Zn. The number of hydrogen-bond acceptors (Lipinski definition) is 2. The van der Waals surface area contributed by atoms with E-state index in [2.05, 4.69) is 27.7 Å². The van der Waals surface area contributed by atoms with Gasteiger partial charge >= 0.3 is 31.4 Å². The van der Waals surface area contributed by atoms with Crippen LogP contribution in [0, 0.1) is 13.8 Å². The summed E-state index contributed by atoms with van der Waals surface area (Å²) in [6, 6.07) is 0. The molecule has 0 aliphatic carbocycles. The number of hydrogen-bond donors (Lipinski definition) is 2. The molecule has 0 aliphatic heterocycles. The Morgan fingerprint density at radius 1 is 0.941 bits per heavy atom. The molecule has 0 aliphatic rings. The molecule has 5 heteroatoms. The van der Waals surface area contributed by atoms with E-state index >= 15 is 0 Å². The molecule has 0 amide bonds. The smallest absolute Gasteiger partial charge is 0.478 e. The Morgan fingerprint density at radius 3 is 1.18 bits per heavy atom. The molecule has 0 aromatic carbocycles. The number of rotatable bonds is 4. The van der Waals surface area contributed by atoms with Gasteiger partial charge in [-0.25, -0.2) is 9.59 Å². The second-order valence-corrected chi connectivity index (χ2v) is 2.72. The fourth-order valence-corrected chi connectivity index (χ4v) is 0.143. The molecule has 0 fully saturated rings. The first-order valence-electron chi connectivity index (χ1n) is 5.18. The van der Waals surface area contributed by atoms with Crippen LogP contribution in [0.4, 0.5) is 0 Å². The minimum atomic E-state index is -1.26. The zero-order valence-electron chi connectivity index (χ0n) is 10.8. The molecule has 0 aromatic heterocycles. The Kier molecular flexibility index (Phi) is 36.4. The van der Waals surface area contributed by atoms with E-state index in [4.69, 9.17) is 10.2 Å². The van der Waals surface area contributed by atoms with Crippen molar-refractivity contribution in [2.45, 2.75) is 39.5 Å². The van der Waals surface area contributed by atoms with Gasteiger partial charge in [0.1, 0.15) is 0 Å². The largest absolute Gasteiger partial charge is 2.00 e. The van der Waals surface area contributed by atoms with Crippen LogP contribution in [-0.4, -0.2) is 22.2 Å². The average Bonchev–Trinajstić information content (AvgIpc) is 2.27. The van der Waals surface area contributed by atoms with Crippen LogP contribution >= 0.6 is 0 Å². The molecule has 17 heavy (non-hydrogen) atoms. The van der Waals surface area contributed by atoms with E-state index in [0.717, 1.165) is 12.8 Å². The van der Waals surface area contributed by atoms with Crippen LogP contribution in [0.3, 0.4) is 0 Å². The molecule has 0 saturated heterocycles.